The number of benzene rings is 20. The molecular formula is C132H79N15O2. The van der Waals surface area contributed by atoms with Crippen LogP contribution in [-0.2, 0) is 0 Å². The van der Waals surface area contributed by atoms with E-state index in [4.69, 9.17) is 8.83 Å². The van der Waals surface area contributed by atoms with E-state index >= 15 is 0 Å². The van der Waals surface area contributed by atoms with Gasteiger partial charge >= 0.3 is 0 Å². The minimum Gasteiger partial charge on any atom is -0.455 e. The van der Waals surface area contributed by atoms with E-state index in [-0.39, 0.29) is 67.3 Å². The second kappa shape index (κ2) is 40.5. The molecule has 5 heterocycles. The number of rotatable bonds is 18. The lowest BCUT2D eigenvalue weighted by molar-refractivity contribution is 0.669. The van der Waals surface area contributed by atoms with Gasteiger partial charge in [-0.3, -0.25) is 0 Å². The summed E-state index contributed by atoms with van der Waals surface area (Å²) in [6, 6.07) is 181. The first-order valence-electron chi connectivity index (χ1n) is 48.3. The first-order valence-corrected chi connectivity index (χ1v) is 48.3. The van der Waals surface area contributed by atoms with E-state index in [0.29, 0.717) is 0 Å². The fourth-order valence-corrected chi connectivity index (χ4v) is 19.3. The van der Waals surface area contributed by atoms with E-state index in [1.165, 1.54) is 66.8 Å². The summed E-state index contributed by atoms with van der Waals surface area (Å²) in [5.74, 6) is 0. The normalized spacial score (nSPS) is 10.9. The summed E-state index contributed by atoms with van der Waals surface area (Å²) in [5.41, 5.74) is 32.5. The molecule has 0 fully saturated rings. The molecule has 17 nitrogen and oxygen atoms in total. The number of hydrogen-bond acceptors (Lipinski definition) is 17. The Hall–Kier alpha value is -21.6. The van der Waals surface area contributed by atoms with Gasteiger partial charge in [-0.05, 0) is 210 Å². The van der Waals surface area contributed by atoms with Gasteiger partial charge in [-0.25, -0.2) is 29.9 Å². The number of nitriles is 6. The van der Waals surface area contributed by atoms with Crippen molar-refractivity contribution in [3.63, 3.8) is 0 Å². The van der Waals surface area contributed by atoms with Crippen LogP contribution in [0.25, 0.3) is 177 Å². The lowest BCUT2D eigenvalue weighted by Gasteiger charge is -2.27. The third-order valence-corrected chi connectivity index (χ3v) is 26.6. The van der Waals surface area contributed by atoms with Gasteiger partial charge in [-0.15, -0.1) is 0 Å². The zero-order valence-electron chi connectivity index (χ0n) is 79.6. The fourth-order valence-electron chi connectivity index (χ4n) is 19.3. The molecule has 20 aromatic carbocycles. The maximum atomic E-state index is 9.29. The van der Waals surface area contributed by atoms with Crippen LogP contribution in [0.1, 0.15) is 34.2 Å². The Labute approximate surface area is 857 Å². The van der Waals surface area contributed by atoms with Crippen LogP contribution in [0.4, 0.5) is 51.2 Å². The smallest absolute Gasteiger partial charge is 0.177 e. The molecule has 0 N–H and O–H groups in total. The molecule has 0 radical (unpaired) electrons. The summed E-state index contributed by atoms with van der Waals surface area (Å²) < 4.78 is 12.8. The van der Waals surface area contributed by atoms with Crippen molar-refractivity contribution in [2.24, 2.45) is 0 Å². The molecule has 0 saturated heterocycles. The molecule has 0 unspecified atom stereocenters. The quantitative estimate of drug-likeness (QED) is 0.0723. The minimum absolute atomic E-state index is 0.0237. The molecule has 694 valence electrons. The van der Waals surface area contributed by atoms with Crippen molar-refractivity contribution in [3.05, 3.63) is 513 Å². The van der Waals surface area contributed by atoms with Crippen molar-refractivity contribution < 1.29 is 8.83 Å². The van der Waals surface area contributed by atoms with E-state index in [1.807, 2.05) is 24.3 Å². The monoisotopic (exact) mass is 1910 g/mol. The van der Waals surface area contributed by atoms with Gasteiger partial charge in [0.1, 0.15) is 91.8 Å². The minimum atomic E-state index is -0.294. The predicted octanol–water partition coefficient (Wildman–Crippen LogP) is 33.3. The lowest BCUT2D eigenvalue weighted by atomic mass is 9.99. The molecule has 0 spiro atoms. The van der Waals surface area contributed by atoms with Crippen molar-refractivity contribution in [1.82, 2.24) is 29.9 Å². The van der Waals surface area contributed by atoms with Crippen molar-refractivity contribution >= 4 is 128 Å². The van der Waals surface area contributed by atoms with Gasteiger partial charge in [-0.2, -0.15) is 31.6 Å². The average molecular weight is 1910 g/mol. The zero-order chi connectivity index (χ0) is 101. The van der Waals surface area contributed by atoms with E-state index in [9.17, 15) is 31.6 Å². The number of hydrogen-bond donors (Lipinski definition) is 0. The standard InChI is InChI=1S/C60H44N2.C54H35NO2.C18N12/c1-5-13-45(14-6-1)49-21-33-55(34-22-49)61(56-35-23-50(24-36-56)46-15-7-2-8-16-46)59-41-29-53(30-42-59)54-31-43-60(44-32-54)62(57-37-25-51(26-38-57)47-17-9-3-10-18-47)58-39-27-52(28-40-58)48-19-11-4-12-20-48;1-2-10-36(11-3-1)37-20-22-38(23-21-37)39-24-30-42(31-25-39)55(43-32-26-40(27-33-43)45-14-8-16-49-47-12-4-6-18-51(47)56-53(45)49)44-34-28-41(29-35-44)46-15-9-17-50-48-13-5-7-19-52(48)57-54(46)50;19-1-7-8(2-20)26-14-13(25-7)15-17(29-10(4-22)9(3-21)27-15)18-16(14)28-11(5-23)12(6-24)30-18/h1-44H;1-35H;. The summed E-state index contributed by atoms with van der Waals surface area (Å²) in [6.07, 6.45) is 0. The number of fused-ring (bicyclic) bond motifs is 12. The van der Waals surface area contributed by atoms with Gasteiger partial charge in [0.25, 0.3) is 0 Å². The number of furan rings is 2. The van der Waals surface area contributed by atoms with E-state index in [2.05, 4.69) is 500 Å². The van der Waals surface area contributed by atoms with Crippen LogP contribution in [0.2, 0.25) is 0 Å². The van der Waals surface area contributed by atoms with Gasteiger partial charge in [0, 0.05) is 83.9 Å². The van der Waals surface area contributed by atoms with Crippen molar-refractivity contribution in [2.75, 3.05) is 14.7 Å². The third-order valence-electron chi connectivity index (χ3n) is 26.6. The Bertz CT molecular complexity index is 8730. The van der Waals surface area contributed by atoms with Crippen LogP contribution in [0.5, 0.6) is 0 Å². The maximum Gasteiger partial charge on any atom is 0.177 e. The summed E-state index contributed by atoms with van der Waals surface area (Å²) in [6.45, 7) is 0. The summed E-state index contributed by atoms with van der Waals surface area (Å²) in [5, 5.41) is 60.2. The number of nitrogens with zero attached hydrogens (tertiary/aromatic N) is 15. The largest absolute Gasteiger partial charge is 0.455 e. The lowest BCUT2D eigenvalue weighted by Crippen LogP contribution is -2.10. The Morgan fingerprint density at radius 3 is 0.490 bits per heavy atom. The highest BCUT2D eigenvalue weighted by Crippen LogP contribution is 2.46. The highest BCUT2D eigenvalue weighted by Gasteiger charge is 2.26. The first kappa shape index (κ1) is 91.2. The molecule has 0 aliphatic carbocycles. The van der Waals surface area contributed by atoms with Crippen LogP contribution in [-0.4, -0.2) is 29.9 Å². The van der Waals surface area contributed by atoms with E-state index in [0.717, 1.165) is 128 Å². The Morgan fingerprint density at radius 2 is 0.302 bits per heavy atom. The molecule has 25 aromatic rings. The predicted molar refractivity (Wildman–Crippen MR) is 594 cm³/mol. The Balaban J connectivity index is 0.000000130. The van der Waals surface area contributed by atoms with Crippen molar-refractivity contribution in [3.8, 4) is 137 Å². The number of aromatic nitrogens is 6. The molecule has 149 heavy (non-hydrogen) atoms. The average Bonchev–Trinajstić information content (AvgIpc) is 1.55. The fraction of sp³-hybridized carbons (Fsp3) is 0. The number of para-hydroxylation sites is 4. The zero-order valence-corrected chi connectivity index (χ0v) is 79.6. The van der Waals surface area contributed by atoms with Gasteiger partial charge in [-0.1, -0.05) is 358 Å². The van der Waals surface area contributed by atoms with Crippen molar-refractivity contribution in [1.29, 1.82) is 31.6 Å². The first-order chi connectivity index (χ1) is 73.6. The second-order valence-corrected chi connectivity index (χ2v) is 35.4. The highest BCUT2D eigenvalue weighted by molar-refractivity contribution is 6.19. The van der Waals surface area contributed by atoms with Crippen molar-refractivity contribution in [2.45, 2.75) is 0 Å². The van der Waals surface area contributed by atoms with Crippen LogP contribution >= 0.6 is 0 Å². The molecule has 0 atom stereocenters. The highest BCUT2D eigenvalue weighted by atomic mass is 16.3. The van der Waals surface area contributed by atoms with Gasteiger partial charge < -0.3 is 23.5 Å². The summed E-state index contributed by atoms with van der Waals surface area (Å²) in [4.78, 5) is 31.7. The number of anilines is 9. The van der Waals surface area contributed by atoms with Crippen LogP contribution in [0, 0.1) is 68.0 Å². The van der Waals surface area contributed by atoms with Gasteiger partial charge in [0.2, 0.25) is 0 Å². The molecule has 0 aliphatic heterocycles. The van der Waals surface area contributed by atoms with Crippen LogP contribution < -0.4 is 14.7 Å². The molecule has 0 bridgehead atoms. The Kier molecular flexibility index (Phi) is 24.8. The van der Waals surface area contributed by atoms with Crippen LogP contribution in [0.3, 0.4) is 0 Å². The molecule has 0 aliphatic rings. The summed E-state index contributed by atoms with van der Waals surface area (Å²) in [7, 11) is 0. The third kappa shape index (κ3) is 18.1. The molecule has 25 rings (SSSR count). The topological polar surface area (TPSA) is 256 Å². The maximum absolute atomic E-state index is 9.29. The molecule has 17 heteroatoms. The van der Waals surface area contributed by atoms with Gasteiger partial charge in [0.05, 0.1) is 0 Å². The molecule has 5 aromatic heterocycles. The summed E-state index contributed by atoms with van der Waals surface area (Å²) >= 11 is 0. The molecule has 0 amide bonds. The van der Waals surface area contributed by atoms with E-state index in [1.54, 1.807) is 36.4 Å². The second-order valence-electron chi connectivity index (χ2n) is 35.4. The van der Waals surface area contributed by atoms with Crippen LogP contribution in [0.15, 0.2) is 488 Å². The van der Waals surface area contributed by atoms with E-state index < -0.39 is 0 Å². The Morgan fingerprint density at radius 1 is 0.148 bits per heavy atom. The molecular weight excluding hydrogens is 1830 g/mol. The SMILES string of the molecule is N#Cc1nc2c3nc(C#N)c(C#N)nc3c3nc(C#N)c(C#N)nc3c2nc1C#N.c1ccc(-c2ccc(-c3ccc(N(c4ccc(-c5cccc6c5oc5ccccc56)cc4)c4ccc(-c5cccc6c5oc5ccccc56)cc4)cc3)cc2)cc1.c1ccc(-c2ccc(N(c3ccc(-c4ccccc4)cc3)c3ccc(-c4ccc(N(c5ccc(-c6ccccc6)cc5)c5ccc(-c6ccccc6)cc5)cc4)cc3)cc2)cc1. The van der Waals surface area contributed by atoms with Gasteiger partial charge in [0.15, 0.2) is 34.2 Å². The molecule has 0 saturated carbocycles.